The first-order valence-corrected chi connectivity index (χ1v) is 4.63. The van der Waals surface area contributed by atoms with Crippen LogP contribution >= 0.6 is 0 Å². The zero-order chi connectivity index (χ0) is 12.3. The maximum absolute atomic E-state index is 12.3. The van der Waals surface area contributed by atoms with Crippen molar-refractivity contribution in [1.82, 2.24) is 9.97 Å². The second-order valence-corrected chi connectivity index (χ2v) is 3.65. The van der Waals surface area contributed by atoms with Gasteiger partial charge in [-0.2, -0.15) is 18.2 Å². The lowest BCUT2D eigenvalue weighted by atomic mass is 10.2. The van der Waals surface area contributed by atoms with Gasteiger partial charge in [0, 0.05) is 6.07 Å². The van der Waals surface area contributed by atoms with Gasteiger partial charge in [-0.15, -0.1) is 0 Å². The van der Waals surface area contributed by atoms with E-state index in [0.717, 1.165) is 6.07 Å². The molecule has 0 unspecified atom stereocenters. The number of nitrogens with zero attached hydrogens (tertiary/aromatic N) is 2. The molecule has 0 aliphatic heterocycles. The molecule has 0 spiro atoms. The van der Waals surface area contributed by atoms with Gasteiger partial charge in [-0.1, -0.05) is 13.8 Å². The van der Waals surface area contributed by atoms with E-state index < -0.39 is 17.8 Å². The summed E-state index contributed by atoms with van der Waals surface area (Å²) in [5.74, 6) is -0.423. The van der Waals surface area contributed by atoms with E-state index in [1.807, 2.05) is 13.8 Å². The first-order valence-electron chi connectivity index (χ1n) is 4.63. The first kappa shape index (κ1) is 12.5. The van der Waals surface area contributed by atoms with Crippen molar-refractivity contribution in [1.29, 1.82) is 0 Å². The molecule has 1 rings (SSSR count). The monoisotopic (exact) mass is 235 g/mol. The molecule has 1 heterocycles. The molecule has 0 radical (unpaired) electrons. The molecular weight excluding hydrogens is 223 g/mol. The van der Waals surface area contributed by atoms with Gasteiger partial charge in [-0.25, -0.2) is 4.98 Å². The summed E-state index contributed by atoms with van der Waals surface area (Å²) in [4.78, 5) is 6.66. The SMILES string of the molecule is CC(C)COc1cc(C(F)(F)F)nc(N)n1. The minimum atomic E-state index is -4.55. The van der Waals surface area contributed by atoms with Crippen molar-refractivity contribution in [2.75, 3.05) is 12.3 Å². The summed E-state index contributed by atoms with van der Waals surface area (Å²) < 4.78 is 42.1. The highest BCUT2D eigenvalue weighted by molar-refractivity contribution is 5.27. The Hall–Kier alpha value is -1.53. The Morgan fingerprint density at radius 2 is 2.00 bits per heavy atom. The summed E-state index contributed by atoms with van der Waals surface area (Å²) in [5, 5.41) is 0. The third-order valence-corrected chi connectivity index (χ3v) is 1.57. The Morgan fingerprint density at radius 1 is 1.38 bits per heavy atom. The summed E-state index contributed by atoms with van der Waals surface area (Å²) in [6.07, 6.45) is -4.55. The molecule has 0 saturated heterocycles. The molecule has 2 N–H and O–H groups in total. The highest BCUT2D eigenvalue weighted by atomic mass is 19.4. The molecule has 0 aliphatic carbocycles. The number of nitrogen functional groups attached to an aromatic ring is 1. The lowest BCUT2D eigenvalue weighted by Gasteiger charge is -2.10. The summed E-state index contributed by atoms with van der Waals surface area (Å²) >= 11 is 0. The lowest BCUT2D eigenvalue weighted by molar-refractivity contribution is -0.141. The van der Waals surface area contributed by atoms with Crippen LogP contribution in [-0.4, -0.2) is 16.6 Å². The molecule has 0 bridgehead atoms. The van der Waals surface area contributed by atoms with Crippen LogP contribution in [0.15, 0.2) is 6.07 Å². The molecule has 16 heavy (non-hydrogen) atoms. The van der Waals surface area contributed by atoms with Gasteiger partial charge in [0.1, 0.15) is 0 Å². The predicted molar refractivity (Wildman–Crippen MR) is 51.8 cm³/mol. The number of ether oxygens (including phenoxy) is 1. The van der Waals surface area contributed by atoms with Gasteiger partial charge in [0.25, 0.3) is 0 Å². The fraction of sp³-hybridized carbons (Fsp3) is 0.556. The molecule has 0 aliphatic rings. The third-order valence-electron chi connectivity index (χ3n) is 1.57. The zero-order valence-corrected chi connectivity index (χ0v) is 8.88. The van der Waals surface area contributed by atoms with Gasteiger partial charge in [-0.3, -0.25) is 0 Å². The zero-order valence-electron chi connectivity index (χ0n) is 8.88. The van der Waals surface area contributed by atoms with Crippen molar-refractivity contribution in [3.63, 3.8) is 0 Å². The molecular formula is C9H12F3N3O. The largest absolute Gasteiger partial charge is 0.477 e. The first-order chi connectivity index (χ1) is 7.29. The summed E-state index contributed by atoms with van der Waals surface area (Å²) in [7, 11) is 0. The number of nitrogens with two attached hydrogens (primary N) is 1. The number of hydrogen-bond acceptors (Lipinski definition) is 4. The van der Waals surface area contributed by atoms with Crippen LogP contribution in [0.5, 0.6) is 5.88 Å². The standard InChI is InChI=1S/C9H12F3N3O/c1-5(2)4-16-7-3-6(9(10,11)12)14-8(13)15-7/h3,5H,4H2,1-2H3,(H2,13,14,15). The Morgan fingerprint density at radius 3 is 2.50 bits per heavy atom. The number of hydrogen-bond donors (Lipinski definition) is 1. The van der Waals surface area contributed by atoms with Crippen LogP contribution in [0.1, 0.15) is 19.5 Å². The molecule has 90 valence electrons. The molecule has 0 amide bonds. The molecule has 0 atom stereocenters. The molecule has 0 fully saturated rings. The van der Waals surface area contributed by atoms with Gasteiger partial charge < -0.3 is 10.5 Å². The lowest BCUT2D eigenvalue weighted by Crippen LogP contribution is -2.13. The Bertz CT molecular complexity index is 366. The predicted octanol–water partition coefficient (Wildman–Crippen LogP) is 2.11. The number of aromatic nitrogens is 2. The number of rotatable bonds is 3. The summed E-state index contributed by atoms with van der Waals surface area (Å²) in [6, 6.07) is 0.735. The van der Waals surface area contributed by atoms with E-state index in [1.165, 1.54) is 0 Å². The Kier molecular flexibility index (Phi) is 3.56. The van der Waals surface area contributed by atoms with E-state index in [2.05, 4.69) is 9.97 Å². The van der Waals surface area contributed by atoms with Gasteiger partial charge in [0.2, 0.25) is 11.8 Å². The fourth-order valence-corrected chi connectivity index (χ4v) is 0.914. The van der Waals surface area contributed by atoms with E-state index in [1.54, 1.807) is 0 Å². The van der Waals surface area contributed by atoms with Gasteiger partial charge in [-0.05, 0) is 5.92 Å². The van der Waals surface area contributed by atoms with Crippen LogP contribution in [-0.2, 0) is 6.18 Å². The number of anilines is 1. The van der Waals surface area contributed by atoms with Crippen LogP contribution in [0, 0.1) is 5.92 Å². The number of alkyl halides is 3. The van der Waals surface area contributed by atoms with Crippen LogP contribution in [0.4, 0.5) is 19.1 Å². The van der Waals surface area contributed by atoms with E-state index in [9.17, 15) is 13.2 Å². The molecule has 0 saturated carbocycles. The highest BCUT2D eigenvalue weighted by Gasteiger charge is 2.33. The molecule has 1 aromatic heterocycles. The smallest absolute Gasteiger partial charge is 0.433 e. The van der Waals surface area contributed by atoms with Gasteiger partial charge in [0.05, 0.1) is 6.61 Å². The van der Waals surface area contributed by atoms with E-state index in [4.69, 9.17) is 10.5 Å². The van der Waals surface area contributed by atoms with E-state index in [-0.39, 0.29) is 18.4 Å². The van der Waals surface area contributed by atoms with Crippen LogP contribution in [0.25, 0.3) is 0 Å². The molecule has 1 aromatic rings. The normalized spacial score (nSPS) is 11.9. The highest BCUT2D eigenvalue weighted by Crippen LogP contribution is 2.29. The van der Waals surface area contributed by atoms with Crippen LogP contribution < -0.4 is 10.5 Å². The molecule has 7 heteroatoms. The topological polar surface area (TPSA) is 61.0 Å². The van der Waals surface area contributed by atoms with Gasteiger partial charge in [0.15, 0.2) is 5.69 Å². The third kappa shape index (κ3) is 3.56. The molecule has 0 aromatic carbocycles. The summed E-state index contributed by atoms with van der Waals surface area (Å²) in [5.41, 5.74) is 4.06. The second-order valence-electron chi connectivity index (χ2n) is 3.65. The maximum atomic E-state index is 12.3. The van der Waals surface area contributed by atoms with Crippen molar-refractivity contribution >= 4 is 5.95 Å². The van der Waals surface area contributed by atoms with Crippen molar-refractivity contribution in [2.45, 2.75) is 20.0 Å². The van der Waals surface area contributed by atoms with E-state index >= 15 is 0 Å². The van der Waals surface area contributed by atoms with Crippen molar-refractivity contribution in [2.24, 2.45) is 5.92 Å². The molecule has 4 nitrogen and oxygen atoms in total. The van der Waals surface area contributed by atoms with Crippen LogP contribution in [0.3, 0.4) is 0 Å². The number of halogens is 3. The van der Waals surface area contributed by atoms with Crippen molar-refractivity contribution in [3.8, 4) is 5.88 Å². The Balaban J connectivity index is 2.90. The summed E-state index contributed by atoms with van der Waals surface area (Å²) in [6.45, 7) is 4.01. The van der Waals surface area contributed by atoms with E-state index in [0.29, 0.717) is 0 Å². The average molecular weight is 235 g/mol. The van der Waals surface area contributed by atoms with Crippen molar-refractivity contribution in [3.05, 3.63) is 11.8 Å². The maximum Gasteiger partial charge on any atom is 0.433 e. The second kappa shape index (κ2) is 4.54. The Labute approximate surface area is 90.6 Å². The van der Waals surface area contributed by atoms with Crippen LogP contribution in [0.2, 0.25) is 0 Å². The minimum absolute atomic E-state index is 0.159. The quantitative estimate of drug-likeness (QED) is 0.871. The van der Waals surface area contributed by atoms with Gasteiger partial charge >= 0.3 is 6.18 Å². The van der Waals surface area contributed by atoms with Crippen molar-refractivity contribution < 1.29 is 17.9 Å². The average Bonchev–Trinajstić information content (AvgIpc) is 2.12. The minimum Gasteiger partial charge on any atom is -0.477 e. The fourth-order valence-electron chi connectivity index (χ4n) is 0.914.